The van der Waals surface area contributed by atoms with Crippen LogP contribution in [-0.4, -0.2) is 12.7 Å². The summed E-state index contributed by atoms with van der Waals surface area (Å²) in [6.07, 6.45) is 6.85. The predicted molar refractivity (Wildman–Crippen MR) is 45.5 cm³/mol. The van der Waals surface area contributed by atoms with Gasteiger partial charge >= 0.3 is 0 Å². The van der Waals surface area contributed by atoms with E-state index in [1.165, 1.54) is 37.7 Å². The van der Waals surface area contributed by atoms with E-state index >= 15 is 0 Å². The number of fused-ring (bicyclic) bond motifs is 1. The van der Waals surface area contributed by atoms with Gasteiger partial charge in [0.15, 0.2) is 0 Å². The Morgan fingerprint density at radius 2 is 2.18 bits per heavy atom. The van der Waals surface area contributed by atoms with Gasteiger partial charge in [-0.1, -0.05) is 18.6 Å². The summed E-state index contributed by atoms with van der Waals surface area (Å²) in [4.78, 5) is 0. The maximum atomic E-state index is 5.74. The Morgan fingerprint density at radius 1 is 1.27 bits per heavy atom. The fourth-order valence-electron chi connectivity index (χ4n) is 2.31. The van der Waals surface area contributed by atoms with Gasteiger partial charge in [-0.05, 0) is 25.7 Å². The second-order valence-electron chi connectivity index (χ2n) is 3.71. The molecule has 0 amide bonds. The second kappa shape index (κ2) is 2.98. The van der Waals surface area contributed by atoms with E-state index in [4.69, 9.17) is 4.74 Å². The number of rotatable bonds is 0. The van der Waals surface area contributed by atoms with Crippen LogP contribution >= 0.6 is 0 Å². The van der Waals surface area contributed by atoms with Crippen LogP contribution in [-0.2, 0) is 4.74 Å². The van der Waals surface area contributed by atoms with Crippen molar-refractivity contribution in [1.29, 1.82) is 0 Å². The molecule has 0 N–H and O–H groups in total. The Balaban J connectivity index is 2.09. The van der Waals surface area contributed by atoms with Crippen LogP contribution < -0.4 is 0 Å². The van der Waals surface area contributed by atoms with Gasteiger partial charge in [0, 0.05) is 12.5 Å². The molecule has 0 spiro atoms. The molecular formula is C10H16O. The number of ether oxygens (including phenoxy) is 1. The van der Waals surface area contributed by atoms with E-state index in [0.717, 1.165) is 6.61 Å². The molecule has 0 bridgehead atoms. The predicted octanol–water partition coefficient (Wildman–Crippen LogP) is 2.52. The van der Waals surface area contributed by atoms with E-state index in [1.807, 2.05) is 0 Å². The van der Waals surface area contributed by atoms with Crippen molar-refractivity contribution in [1.82, 2.24) is 0 Å². The Kier molecular flexibility index (Phi) is 1.99. The normalized spacial score (nSPS) is 38.4. The molecular weight excluding hydrogens is 136 g/mol. The quantitative estimate of drug-likeness (QED) is 0.485. The SMILES string of the molecule is C=C1CCCO[C@H]2CCC[C@H]12. The highest BCUT2D eigenvalue weighted by molar-refractivity contribution is 5.07. The summed E-state index contributed by atoms with van der Waals surface area (Å²) in [5.41, 5.74) is 1.45. The summed E-state index contributed by atoms with van der Waals surface area (Å²) >= 11 is 0. The van der Waals surface area contributed by atoms with Crippen LogP contribution in [0.25, 0.3) is 0 Å². The first-order valence-electron chi connectivity index (χ1n) is 4.67. The van der Waals surface area contributed by atoms with E-state index < -0.39 is 0 Å². The monoisotopic (exact) mass is 152 g/mol. The molecule has 1 heterocycles. The molecule has 62 valence electrons. The highest BCUT2D eigenvalue weighted by Crippen LogP contribution is 2.36. The topological polar surface area (TPSA) is 9.23 Å². The number of hydrogen-bond donors (Lipinski definition) is 0. The van der Waals surface area contributed by atoms with Crippen molar-refractivity contribution in [2.24, 2.45) is 5.92 Å². The van der Waals surface area contributed by atoms with Crippen LogP contribution in [0.15, 0.2) is 12.2 Å². The zero-order chi connectivity index (χ0) is 7.68. The first kappa shape index (κ1) is 7.35. The van der Waals surface area contributed by atoms with E-state index in [1.54, 1.807) is 0 Å². The highest BCUT2D eigenvalue weighted by Gasteiger charge is 2.31. The highest BCUT2D eigenvalue weighted by atomic mass is 16.5. The average molecular weight is 152 g/mol. The molecule has 0 unspecified atom stereocenters. The molecule has 2 atom stereocenters. The Morgan fingerprint density at radius 3 is 3.09 bits per heavy atom. The zero-order valence-corrected chi connectivity index (χ0v) is 7.01. The smallest absolute Gasteiger partial charge is 0.0640 e. The van der Waals surface area contributed by atoms with E-state index in [2.05, 4.69) is 6.58 Å². The van der Waals surface area contributed by atoms with E-state index in [0.29, 0.717) is 12.0 Å². The van der Waals surface area contributed by atoms with Crippen molar-refractivity contribution < 1.29 is 4.74 Å². The van der Waals surface area contributed by atoms with E-state index in [9.17, 15) is 0 Å². The van der Waals surface area contributed by atoms with Crippen LogP contribution in [0.5, 0.6) is 0 Å². The van der Waals surface area contributed by atoms with Gasteiger partial charge in [0.25, 0.3) is 0 Å². The molecule has 1 aliphatic heterocycles. The van der Waals surface area contributed by atoms with Crippen LogP contribution in [0.3, 0.4) is 0 Å². The molecule has 1 saturated heterocycles. The Labute approximate surface area is 68.4 Å². The summed E-state index contributed by atoms with van der Waals surface area (Å²) < 4.78 is 5.74. The molecule has 11 heavy (non-hydrogen) atoms. The first-order valence-corrected chi connectivity index (χ1v) is 4.67. The van der Waals surface area contributed by atoms with Gasteiger partial charge in [0.2, 0.25) is 0 Å². The van der Waals surface area contributed by atoms with Crippen molar-refractivity contribution in [3.63, 3.8) is 0 Å². The minimum absolute atomic E-state index is 0.532. The van der Waals surface area contributed by atoms with Gasteiger partial charge in [-0.25, -0.2) is 0 Å². The molecule has 1 heteroatoms. The summed E-state index contributed by atoms with van der Waals surface area (Å²) in [6, 6.07) is 0. The summed E-state index contributed by atoms with van der Waals surface area (Å²) in [5, 5.41) is 0. The minimum Gasteiger partial charge on any atom is -0.378 e. The second-order valence-corrected chi connectivity index (χ2v) is 3.71. The summed E-state index contributed by atoms with van der Waals surface area (Å²) in [5.74, 6) is 0.706. The van der Waals surface area contributed by atoms with Gasteiger partial charge < -0.3 is 4.74 Å². The van der Waals surface area contributed by atoms with E-state index in [-0.39, 0.29) is 0 Å². The average Bonchev–Trinajstić information content (AvgIpc) is 2.40. The molecule has 0 radical (unpaired) electrons. The largest absolute Gasteiger partial charge is 0.378 e. The Bertz CT molecular complexity index is 162. The lowest BCUT2D eigenvalue weighted by atomic mass is 9.94. The standard InChI is InChI=1S/C10H16O/c1-8-4-3-7-11-10-6-2-5-9(8)10/h9-10H,1-7H2/t9-,10+/m1/s1. The van der Waals surface area contributed by atoms with Crippen LogP contribution in [0.2, 0.25) is 0 Å². The lowest BCUT2D eigenvalue weighted by Gasteiger charge is -2.17. The fraction of sp³-hybridized carbons (Fsp3) is 0.800. The third-order valence-electron chi connectivity index (χ3n) is 2.95. The molecule has 1 aliphatic carbocycles. The lowest BCUT2D eigenvalue weighted by Crippen LogP contribution is -2.16. The molecule has 0 aromatic carbocycles. The van der Waals surface area contributed by atoms with Gasteiger partial charge in [-0.3, -0.25) is 0 Å². The van der Waals surface area contributed by atoms with Crippen molar-refractivity contribution in [2.75, 3.05) is 6.61 Å². The maximum absolute atomic E-state index is 5.74. The zero-order valence-electron chi connectivity index (χ0n) is 7.01. The fourth-order valence-corrected chi connectivity index (χ4v) is 2.31. The minimum atomic E-state index is 0.532. The maximum Gasteiger partial charge on any atom is 0.0640 e. The lowest BCUT2D eigenvalue weighted by molar-refractivity contribution is 0.0470. The van der Waals surface area contributed by atoms with Crippen molar-refractivity contribution in [3.8, 4) is 0 Å². The van der Waals surface area contributed by atoms with Crippen LogP contribution in [0.1, 0.15) is 32.1 Å². The van der Waals surface area contributed by atoms with Crippen LogP contribution in [0, 0.1) is 5.92 Å². The number of hydrogen-bond acceptors (Lipinski definition) is 1. The Hall–Kier alpha value is -0.300. The summed E-state index contributed by atoms with van der Waals surface area (Å²) in [6.45, 7) is 5.10. The molecule has 0 aromatic rings. The van der Waals surface area contributed by atoms with Gasteiger partial charge in [-0.15, -0.1) is 0 Å². The molecule has 1 saturated carbocycles. The molecule has 2 fully saturated rings. The first-order chi connectivity index (χ1) is 5.38. The molecule has 1 nitrogen and oxygen atoms in total. The van der Waals surface area contributed by atoms with Crippen LogP contribution in [0.4, 0.5) is 0 Å². The third kappa shape index (κ3) is 1.34. The van der Waals surface area contributed by atoms with Crippen molar-refractivity contribution >= 4 is 0 Å². The third-order valence-corrected chi connectivity index (χ3v) is 2.95. The van der Waals surface area contributed by atoms with Crippen molar-refractivity contribution in [2.45, 2.75) is 38.2 Å². The molecule has 2 rings (SSSR count). The van der Waals surface area contributed by atoms with Gasteiger partial charge in [-0.2, -0.15) is 0 Å². The molecule has 2 aliphatic rings. The van der Waals surface area contributed by atoms with Crippen molar-refractivity contribution in [3.05, 3.63) is 12.2 Å². The summed E-state index contributed by atoms with van der Waals surface area (Å²) in [7, 11) is 0. The van der Waals surface area contributed by atoms with Gasteiger partial charge in [0.1, 0.15) is 0 Å². The molecule has 0 aromatic heterocycles. The van der Waals surface area contributed by atoms with Gasteiger partial charge in [0.05, 0.1) is 6.10 Å².